The molecule has 0 spiro atoms. The smallest absolute Gasteiger partial charge is 0.270 e. The maximum absolute atomic E-state index is 13.8. The Bertz CT molecular complexity index is 1530. The molecule has 11 heteroatoms. The van der Waals surface area contributed by atoms with E-state index < -0.39 is 11.9 Å². The summed E-state index contributed by atoms with van der Waals surface area (Å²) in [5.41, 5.74) is 3.59. The van der Waals surface area contributed by atoms with Crippen molar-refractivity contribution in [2.75, 3.05) is 46.9 Å². The van der Waals surface area contributed by atoms with Crippen LogP contribution in [0.4, 0.5) is 0 Å². The fraction of sp³-hybridized carbons (Fsp3) is 0.471. The highest BCUT2D eigenvalue weighted by molar-refractivity contribution is 5.99. The molecule has 0 saturated heterocycles. The van der Waals surface area contributed by atoms with E-state index in [0.29, 0.717) is 69.1 Å². The van der Waals surface area contributed by atoms with Gasteiger partial charge in [0.05, 0.1) is 7.11 Å². The van der Waals surface area contributed by atoms with Crippen molar-refractivity contribution in [2.45, 2.75) is 52.0 Å². The second-order valence-corrected chi connectivity index (χ2v) is 11.7. The molecule has 0 unspecified atom stereocenters. The van der Waals surface area contributed by atoms with Gasteiger partial charge in [0.2, 0.25) is 11.8 Å². The third-order valence-electron chi connectivity index (χ3n) is 8.15. The van der Waals surface area contributed by atoms with Gasteiger partial charge < -0.3 is 34.5 Å². The number of fused-ring (bicyclic) bond motifs is 3. The number of amides is 4. The summed E-state index contributed by atoms with van der Waals surface area (Å²) in [6.45, 7) is 5.30. The first-order valence-corrected chi connectivity index (χ1v) is 15.5. The average molecular weight is 620 g/mol. The molecule has 45 heavy (non-hydrogen) atoms. The first-order valence-electron chi connectivity index (χ1n) is 15.5. The highest BCUT2D eigenvalue weighted by Gasteiger charge is 2.22. The van der Waals surface area contributed by atoms with Gasteiger partial charge in [-0.25, -0.2) is 0 Å². The van der Waals surface area contributed by atoms with Crippen LogP contribution in [-0.4, -0.2) is 91.0 Å². The third-order valence-corrected chi connectivity index (χ3v) is 8.15. The van der Waals surface area contributed by atoms with Crippen molar-refractivity contribution in [3.05, 3.63) is 59.3 Å². The van der Waals surface area contributed by atoms with Crippen LogP contribution in [0.3, 0.4) is 0 Å². The van der Waals surface area contributed by atoms with Gasteiger partial charge in [-0.3, -0.25) is 19.2 Å². The number of rotatable bonds is 2. The molecule has 242 valence electrons. The summed E-state index contributed by atoms with van der Waals surface area (Å²) in [5.74, 6) is 0.0565. The van der Waals surface area contributed by atoms with Crippen LogP contribution in [0.1, 0.15) is 54.2 Å². The molecule has 2 N–H and O–H groups in total. The fourth-order valence-corrected chi connectivity index (χ4v) is 5.56. The Kier molecular flexibility index (Phi) is 11.5. The number of nitrogens with one attached hydrogen (secondary N) is 2. The highest BCUT2D eigenvalue weighted by atomic mass is 16.5. The zero-order valence-corrected chi connectivity index (χ0v) is 27.0. The van der Waals surface area contributed by atoms with Gasteiger partial charge in [-0.15, -0.1) is 0 Å². The predicted octanol–water partition coefficient (Wildman–Crippen LogP) is 3.21. The summed E-state index contributed by atoms with van der Waals surface area (Å²) in [6.07, 6.45) is 2.72. The molecule has 1 aliphatic rings. The molecule has 1 atom stereocenters. The number of methoxy groups -OCH3 is 1. The molecule has 3 aromatic rings. The number of carbonyl (C=O) groups is 4. The summed E-state index contributed by atoms with van der Waals surface area (Å²) in [7, 11) is 5.12. The van der Waals surface area contributed by atoms with E-state index in [0.717, 1.165) is 22.0 Å². The molecule has 4 rings (SSSR count). The van der Waals surface area contributed by atoms with Gasteiger partial charge in [0.1, 0.15) is 11.7 Å². The molecule has 0 fully saturated rings. The van der Waals surface area contributed by atoms with Gasteiger partial charge in [-0.1, -0.05) is 17.7 Å². The minimum absolute atomic E-state index is 0.0644. The molecule has 0 aliphatic carbocycles. The van der Waals surface area contributed by atoms with Gasteiger partial charge in [-0.05, 0) is 75.4 Å². The molecule has 1 aliphatic heterocycles. The molecule has 2 heterocycles. The third kappa shape index (κ3) is 8.77. The summed E-state index contributed by atoms with van der Waals surface area (Å²) in [4.78, 5) is 55.5. The van der Waals surface area contributed by atoms with Crippen LogP contribution >= 0.6 is 0 Å². The van der Waals surface area contributed by atoms with Crippen molar-refractivity contribution in [2.24, 2.45) is 7.05 Å². The first kappa shape index (κ1) is 33.4. The van der Waals surface area contributed by atoms with Crippen LogP contribution in [0.15, 0.2) is 42.5 Å². The lowest BCUT2D eigenvalue weighted by molar-refractivity contribution is -0.135. The Morgan fingerprint density at radius 3 is 2.47 bits per heavy atom. The van der Waals surface area contributed by atoms with Crippen LogP contribution in [0, 0.1) is 6.92 Å². The molecular formula is C34H45N5O6. The standard InChI is InChI=1S/C34H45N5O6/c1-23-9-12-27-26(19-23)21-28(38(27)4)34(43)39-17-7-6-16-37(3)33(42)24(2)36-32(41)22-45-30-20-25(10-13-29(30)44-5)11-14-31(40)35-15-8-18-39/h9-10,12-13,19-21,24H,6-8,11,14-18,22H2,1-5H3,(H,35,40)(H,36,41)/t24-/m0/s1. The van der Waals surface area contributed by atoms with Gasteiger partial charge in [0.25, 0.3) is 11.8 Å². The number of ether oxygens (including phenoxy) is 2. The lowest BCUT2D eigenvalue weighted by atomic mass is 10.1. The zero-order chi connectivity index (χ0) is 32.5. The lowest BCUT2D eigenvalue weighted by Gasteiger charge is -2.25. The minimum Gasteiger partial charge on any atom is -0.493 e. The zero-order valence-electron chi connectivity index (χ0n) is 27.0. The lowest BCUT2D eigenvalue weighted by Crippen LogP contribution is -2.47. The Hall–Kier alpha value is -4.54. The van der Waals surface area contributed by atoms with Gasteiger partial charge in [0.15, 0.2) is 18.1 Å². The number of aromatic nitrogens is 1. The number of carbonyl (C=O) groups excluding carboxylic acids is 4. The molecular weight excluding hydrogens is 574 g/mol. The summed E-state index contributed by atoms with van der Waals surface area (Å²) in [6, 6.07) is 12.7. The second kappa shape index (κ2) is 15.5. The van der Waals surface area contributed by atoms with E-state index in [1.165, 1.54) is 7.11 Å². The molecule has 2 bridgehead atoms. The van der Waals surface area contributed by atoms with E-state index in [-0.39, 0.29) is 30.7 Å². The van der Waals surface area contributed by atoms with E-state index in [1.54, 1.807) is 31.0 Å². The van der Waals surface area contributed by atoms with Crippen molar-refractivity contribution in [3.63, 3.8) is 0 Å². The molecule has 11 nitrogen and oxygen atoms in total. The summed E-state index contributed by atoms with van der Waals surface area (Å²) >= 11 is 0. The van der Waals surface area contributed by atoms with Crippen molar-refractivity contribution in [1.29, 1.82) is 0 Å². The molecule has 0 saturated carbocycles. The Morgan fingerprint density at radius 1 is 0.933 bits per heavy atom. The summed E-state index contributed by atoms with van der Waals surface area (Å²) < 4.78 is 13.0. The summed E-state index contributed by atoms with van der Waals surface area (Å²) in [5, 5.41) is 6.70. The number of likely N-dealkylation sites (N-methyl/N-ethyl adjacent to an activating group) is 1. The van der Waals surface area contributed by atoms with Crippen molar-refractivity contribution < 1.29 is 28.7 Å². The quantitative estimate of drug-likeness (QED) is 0.455. The molecule has 2 aromatic carbocycles. The minimum atomic E-state index is -0.733. The van der Waals surface area contributed by atoms with E-state index in [2.05, 4.69) is 16.7 Å². The maximum atomic E-state index is 13.8. The van der Waals surface area contributed by atoms with Gasteiger partial charge in [0, 0.05) is 57.6 Å². The van der Waals surface area contributed by atoms with Crippen molar-refractivity contribution >= 4 is 34.5 Å². The average Bonchev–Trinajstić information content (AvgIpc) is 3.35. The first-order chi connectivity index (χ1) is 21.6. The number of benzene rings is 2. The Labute approximate surface area is 264 Å². The molecule has 4 amide bonds. The van der Waals surface area contributed by atoms with E-state index in [4.69, 9.17) is 9.47 Å². The largest absolute Gasteiger partial charge is 0.493 e. The number of hydrogen-bond donors (Lipinski definition) is 2. The van der Waals surface area contributed by atoms with Crippen LogP contribution in [0.25, 0.3) is 10.9 Å². The fourth-order valence-electron chi connectivity index (χ4n) is 5.56. The van der Waals surface area contributed by atoms with E-state index in [9.17, 15) is 19.2 Å². The SMILES string of the molecule is COc1ccc2cc1OCC(=O)N[C@@H](C)C(=O)N(C)CCCCN(C(=O)c1cc3cc(C)ccc3n1C)CCCNC(=O)CC2. The number of aryl methyl sites for hydroxylation is 3. The highest BCUT2D eigenvalue weighted by Crippen LogP contribution is 2.28. The monoisotopic (exact) mass is 619 g/mol. The maximum Gasteiger partial charge on any atom is 0.270 e. The van der Waals surface area contributed by atoms with Crippen molar-refractivity contribution in [1.82, 2.24) is 25.0 Å². The topological polar surface area (TPSA) is 122 Å². The Balaban J connectivity index is 1.49. The van der Waals surface area contributed by atoms with E-state index >= 15 is 0 Å². The van der Waals surface area contributed by atoms with E-state index in [1.807, 2.05) is 47.7 Å². The second-order valence-electron chi connectivity index (χ2n) is 11.7. The van der Waals surface area contributed by atoms with Crippen molar-refractivity contribution in [3.8, 4) is 11.5 Å². The van der Waals surface area contributed by atoms with Crippen LogP contribution in [0.2, 0.25) is 0 Å². The molecule has 0 radical (unpaired) electrons. The van der Waals surface area contributed by atoms with Crippen LogP contribution in [-0.2, 0) is 27.9 Å². The normalized spacial score (nSPS) is 18.3. The number of hydrogen-bond acceptors (Lipinski definition) is 6. The van der Waals surface area contributed by atoms with Crippen LogP contribution < -0.4 is 20.1 Å². The predicted molar refractivity (Wildman–Crippen MR) is 172 cm³/mol. The number of nitrogens with zero attached hydrogens (tertiary/aromatic N) is 3. The van der Waals surface area contributed by atoms with Crippen LogP contribution in [0.5, 0.6) is 11.5 Å². The van der Waals surface area contributed by atoms with Gasteiger partial charge in [-0.2, -0.15) is 0 Å². The molecule has 1 aromatic heterocycles. The van der Waals surface area contributed by atoms with Gasteiger partial charge >= 0.3 is 0 Å². The Morgan fingerprint density at radius 2 is 1.69 bits per heavy atom.